The van der Waals surface area contributed by atoms with E-state index in [1.54, 1.807) is 0 Å². The maximum absolute atomic E-state index is 13.7. The smallest absolute Gasteiger partial charge is 0.338 e. The summed E-state index contributed by atoms with van der Waals surface area (Å²) in [4.78, 5) is 14.4. The largest absolute Gasteiger partial charge is 0.478 e. The van der Waals surface area contributed by atoms with E-state index in [-0.39, 0.29) is 5.82 Å². The fourth-order valence-electron chi connectivity index (χ4n) is 1.37. The number of nitrogens with one attached hydrogen (secondary N) is 1. The maximum atomic E-state index is 13.7. The summed E-state index contributed by atoms with van der Waals surface area (Å²) < 4.78 is 26.4. The van der Waals surface area contributed by atoms with E-state index in [0.29, 0.717) is 5.69 Å². The van der Waals surface area contributed by atoms with Gasteiger partial charge in [0.15, 0.2) is 11.6 Å². The van der Waals surface area contributed by atoms with Gasteiger partial charge < -0.3 is 10.4 Å². The second kappa shape index (κ2) is 4.79. The number of aromatic carboxylic acids is 1. The molecule has 0 spiro atoms. The van der Waals surface area contributed by atoms with E-state index in [4.69, 9.17) is 5.11 Å². The molecule has 0 aliphatic rings. The summed E-state index contributed by atoms with van der Waals surface area (Å²) in [5.74, 6) is -2.99. The monoisotopic (exact) mass is 250 g/mol. The van der Waals surface area contributed by atoms with E-state index in [2.05, 4.69) is 10.3 Å². The minimum atomic E-state index is -1.38. The Balaban J connectivity index is 2.32. The second-order valence-electron chi connectivity index (χ2n) is 3.46. The van der Waals surface area contributed by atoms with E-state index in [1.165, 1.54) is 30.5 Å². The highest BCUT2D eigenvalue weighted by molar-refractivity contribution is 5.89. The summed E-state index contributed by atoms with van der Waals surface area (Å²) in [7, 11) is 0. The van der Waals surface area contributed by atoms with Crippen molar-refractivity contribution in [3.8, 4) is 0 Å². The SMILES string of the molecule is O=C(O)c1ccnc(Nc2ccc(F)cc2)c1F. The lowest BCUT2D eigenvalue weighted by Gasteiger charge is -2.07. The van der Waals surface area contributed by atoms with Crippen molar-refractivity contribution in [1.82, 2.24) is 4.98 Å². The molecule has 1 aromatic heterocycles. The number of hydrogen-bond acceptors (Lipinski definition) is 3. The lowest BCUT2D eigenvalue weighted by Crippen LogP contribution is -2.05. The third-order valence-electron chi connectivity index (χ3n) is 2.23. The average Bonchev–Trinajstić information content (AvgIpc) is 2.34. The Labute approximate surface area is 101 Å². The molecule has 0 fully saturated rings. The van der Waals surface area contributed by atoms with Crippen molar-refractivity contribution in [2.75, 3.05) is 5.32 Å². The Bertz CT molecular complexity index is 585. The summed E-state index contributed by atoms with van der Waals surface area (Å²) in [5.41, 5.74) is -0.0695. The molecule has 1 aromatic carbocycles. The van der Waals surface area contributed by atoms with Crippen molar-refractivity contribution >= 4 is 17.5 Å². The van der Waals surface area contributed by atoms with Crippen LogP contribution in [0.15, 0.2) is 36.5 Å². The minimum absolute atomic E-state index is 0.221. The van der Waals surface area contributed by atoms with Crippen molar-refractivity contribution in [2.24, 2.45) is 0 Å². The third kappa shape index (κ3) is 2.42. The molecule has 92 valence electrons. The van der Waals surface area contributed by atoms with Gasteiger partial charge in [-0.15, -0.1) is 0 Å². The standard InChI is InChI=1S/C12H8F2N2O2/c13-7-1-3-8(4-2-7)16-11-10(14)9(12(17)18)5-6-15-11/h1-6H,(H,15,16)(H,17,18). The fourth-order valence-corrected chi connectivity index (χ4v) is 1.37. The van der Waals surface area contributed by atoms with Crippen LogP contribution in [0.5, 0.6) is 0 Å². The summed E-state index contributed by atoms with van der Waals surface area (Å²) in [5, 5.41) is 11.3. The number of aromatic nitrogens is 1. The first-order valence-electron chi connectivity index (χ1n) is 4.98. The first kappa shape index (κ1) is 12.0. The Morgan fingerprint density at radius 3 is 2.44 bits per heavy atom. The van der Waals surface area contributed by atoms with Gasteiger partial charge in [-0.3, -0.25) is 0 Å². The number of carbonyl (C=O) groups is 1. The topological polar surface area (TPSA) is 62.2 Å². The van der Waals surface area contributed by atoms with Crippen LogP contribution in [0.1, 0.15) is 10.4 Å². The highest BCUT2D eigenvalue weighted by Crippen LogP contribution is 2.20. The Hall–Kier alpha value is -2.50. The third-order valence-corrected chi connectivity index (χ3v) is 2.23. The molecule has 2 rings (SSSR count). The van der Waals surface area contributed by atoms with E-state index in [0.717, 1.165) is 6.07 Å². The van der Waals surface area contributed by atoms with E-state index >= 15 is 0 Å². The van der Waals surface area contributed by atoms with Gasteiger partial charge >= 0.3 is 5.97 Å². The number of halogens is 2. The number of anilines is 2. The molecule has 0 aliphatic carbocycles. The number of pyridine rings is 1. The molecule has 18 heavy (non-hydrogen) atoms. The highest BCUT2D eigenvalue weighted by Gasteiger charge is 2.14. The molecule has 4 nitrogen and oxygen atoms in total. The van der Waals surface area contributed by atoms with Crippen LogP contribution in [-0.2, 0) is 0 Å². The molecule has 0 amide bonds. The number of nitrogens with zero attached hydrogens (tertiary/aromatic N) is 1. The summed E-state index contributed by atoms with van der Waals surface area (Å²) in [6.45, 7) is 0. The number of rotatable bonds is 3. The zero-order valence-electron chi connectivity index (χ0n) is 9.02. The first-order valence-corrected chi connectivity index (χ1v) is 4.98. The molecule has 0 atom stereocenters. The van der Waals surface area contributed by atoms with Crippen LogP contribution in [0.2, 0.25) is 0 Å². The number of carboxylic acids is 1. The molecule has 1 heterocycles. The maximum Gasteiger partial charge on any atom is 0.338 e. The zero-order chi connectivity index (χ0) is 13.1. The Kier molecular flexibility index (Phi) is 3.18. The van der Waals surface area contributed by atoms with Gasteiger partial charge in [0.05, 0.1) is 0 Å². The predicted molar refractivity (Wildman–Crippen MR) is 60.8 cm³/mol. The van der Waals surface area contributed by atoms with Gasteiger partial charge in [-0.05, 0) is 30.3 Å². The van der Waals surface area contributed by atoms with Gasteiger partial charge in [-0.1, -0.05) is 0 Å². The quantitative estimate of drug-likeness (QED) is 0.879. The number of hydrogen-bond donors (Lipinski definition) is 2. The molecular formula is C12H8F2N2O2. The van der Waals surface area contributed by atoms with Gasteiger partial charge in [0.1, 0.15) is 11.4 Å². The van der Waals surface area contributed by atoms with Gasteiger partial charge in [-0.2, -0.15) is 0 Å². The average molecular weight is 250 g/mol. The molecule has 0 unspecified atom stereocenters. The normalized spacial score (nSPS) is 10.1. The fraction of sp³-hybridized carbons (Fsp3) is 0. The zero-order valence-corrected chi connectivity index (χ0v) is 9.02. The lowest BCUT2D eigenvalue weighted by atomic mass is 10.2. The molecule has 6 heteroatoms. The lowest BCUT2D eigenvalue weighted by molar-refractivity contribution is 0.0692. The molecule has 0 saturated heterocycles. The number of carboxylic acid groups (broad SMARTS) is 1. The van der Waals surface area contributed by atoms with E-state index in [9.17, 15) is 13.6 Å². The Morgan fingerprint density at radius 1 is 1.17 bits per heavy atom. The van der Waals surface area contributed by atoms with Crippen molar-refractivity contribution in [3.05, 3.63) is 53.7 Å². The van der Waals surface area contributed by atoms with Crippen molar-refractivity contribution < 1.29 is 18.7 Å². The van der Waals surface area contributed by atoms with Crippen LogP contribution in [0.3, 0.4) is 0 Å². The van der Waals surface area contributed by atoms with Gasteiger partial charge in [0, 0.05) is 11.9 Å². The highest BCUT2D eigenvalue weighted by atomic mass is 19.1. The van der Waals surface area contributed by atoms with Crippen LogP contribution >= 0.6 is 0 Å². The molecule has 0 radical (unpaired) electrons. The van der Waals surface area contributed by atoms with Crippen LogP contribution in [0, 0.1) is 11.6 Å². The summed E-state index contributed by atoms with van der Waals surface area (Å²) in [6.07, 6.45) is 1.18. The molecule has 2 N–H and O–H groups in total. The van der Waals surface area contributed by atoms with Crippen LogP contribution in [-0.4, -0.2) is 16.1 Å². The van der Waals surface area contributed by atoms with E-state index < -0.39 is 23.2 Å². The number of benzene rings is 1. The van der Waals surface area contributed by atoms with E-state index in [1.807, 2.05) is 0 Å². The predicted octanol–water partition coefficient (Wildman–Crippen LogP) is 2.80. The first-order chi connectivity index (χ1) is 8.58. The molecule has 0 bridgehead atoms. The second-order valence-corrected chi connectivity index (χ2v) is 3.46. The molecule has 0 aliphatic heterocycles. The van der Waals surface area contributed by atoms with Crippen molar-refractivity contribution in [1.29, 1.82) is 0 Å². The van der Waals surface area contributed by atoms with Crippen molar-refractivity contribution in [2.45, 2.75) is 0 Å². The minimum Gasteiger partial charge on any atom is -0.478 e. The summed E-state index contributed by atoms with van der Waals surface area (Å²) in [6, 6.07) is 6.24. The van der Waals surface area contributed by atoms with Gasteiger partial charge in [0.25, 0.3) is 0 Å². The molecule has 0 saturated carbocycles. The van der Waals surface area contributed by atoms with Crippen LogP contribution in [0.4, 0.5) is 20.3 Å². The van der Waals surface area contributed by atoms with Gasteiger partial charge in [-0.25, -0.2) is 18.6 Å². The Morgan fingerprint density at radius 2 is 1.83 bits per heavy atom. The summed E-state index contributed by atoms with van der Waals surface area (Å²) >= 11 is 0. The van der Waals surface area contributed by atoms with Gasteiger partial charge in [0.2, 0.25) is 0 Å². The van der Waals surface area contributed by atoms with Crippen LogP contribution in [0.25, 0.3) is 0 Å². The molecule has 2 aromatic rings. The van der Waals surface area contributed by atoms with Crippen LogP contribution < -0.4 is 5.32 Å². The molecular weight excluding hydrogens is 242 g/mol. The van der Waals surface area contributed by atoms with Crippen molar-refractivity contribution in [3.63, 3.8) is 0 Å².